The standard InChI is InChI=1S/C11H14O5S/c1-8-3-5-10(6-4-8)17(12,13)16-11-7-14-9(2)15-11/h3-6,9,11H,7H2,1-2H3. The zero-order valence-electron chi connectivity index (χ0n) is 9.62. The lowest BCUT2D eigenvalue weighted by molar-refractivity contribution is -0.0903. The summed E-state index contributed by atoms with van der Waals surface area (Å²) in [4.78, 5) is 0.117. The second-order valence-corrected chi connectivity index (χ2v) is 5.40. The Kier molecular flexibility index (Phi) is 3.48. The van der Waals surface area contributed by atoms with Crippen molar-refractivity contribution >= 4 is 10.1 Å². The van der Waals surface area contributed by atoms with E-state index in [1.165, 1.54) is 12.1 Å². The lowest BCUT2D eigenvalue weighted by Gasteiger charge is -2.10. The minimum absolute atomic E-state index is 0.117. The first-order chi connectivity index (χ1) is 7.97. The van der Waals surface area contributed by atoms with Gasteiger partial charge in [0.25, 0.3) is 10.1 Å². The van der Waals surface area contributed by atoms with Gasteiger partial charge in [-0.2, -0.15) is 8.42 Å². The monoisotopic (exact) mass is 258 g/mol. The van der Waals surface area contributed by atoms with Crippen LogP contribution in [0.2, 0.25) is 0 Å². The fraction of sp³-hybridized carbons (Fsp3) is 0.455. The Morgan fingerprint density at radius 3 is 2.47 bits per heavy atom. The molecule has 1 saturated heterocycles. The van der Waals surface area contributed by atoms with Crippen LogP contribution in [0.3, 0.4) is 0 Å². The average molecular weight is 258 g/mol. The van der Waals surface area contributed by atoms with Gasteiger partial charge in [-0.1, -0.05) is 17.7 Å². The first kappa shape index (κ1) is 12.5. The molecule has 0 bridgehead atoms. The first-order valence-corrected chi connectivity index (χ1v) is 6.65. The van der Waals surface area contributed by atoms with E-state index in [4.69, 9.17) is 13.7 Å². The predicted octanol–water partition coefficient (Wildman–Crippen LogP) is 1.42. The SMILES string of the molecule is Cc1ccc(S(=O)(=O)OC2COC(C)O2)cc1. The van der Waals surface area contributed by atoms with E-state index in [0.29, 0.717) is 0 Å². The van der Waals surface area contributed by atoms with E-state index in [-0.39, 0.29) is 11.5 Å². The van der Waals surface area contributed by atoms with Gasteiger partial charge in [0.05, 0.1) is 4.90 Å². The smallest absolute Gasteiger partial charge is 0.299 e. The fourth-order valence-corrected chi connectivity index (χ4v) is 2.42. The Morgan fingerprint density at radius 2 is 1.94 bits per heavy atom. The minimum Gasteiger partial charge on any atom is -0.348 e. The summed E-state index contributed by atoms with van der Waals surface area (Å²) in [5.41, 5.74) is 0.984. The van der Waals surface area contributed by atoms with Crippen LogP contribution in [0, 0.1) is 6.92 Å². The van der Waals surface area contributed by atoms with Crippen LogP contribution in [-0.2, 0) is 23.8 Å². The van der Waals surface area contributed by atoms with Gasteiger partial charge in [0.1, 0.15) is 6.61 Å². The van der Waals surface area contributed by atoms with Crippen molar-refractivity contribution in [3.8, 4) is 0 Å². The van der Waals surface area contributed by atoms with Gasteiger partial charge in [-0.3, -0.25) is 0 Å². The van der Waals surface area contributed by atoms with Gasteiger partial charge in [0.15, 0.2) is 6.29 Å². The molecule has 2 unspecified atom stereocenters. The van der Waals surface area contributed by atoms with E-state index in [1.54, 1.807) is 19.1 Å². The third-order valence-electron chi connectivity index (χ3n) is 2.35. The normalized spacial score (nSPS) is 25.1. The molecule has 0 aromatic heterocycles. The molecule has 1 aliphatic heterocycles. The largest absolute Gasteiger partial charge is 0.348 e. The maximum atomic E-state index is 11.8. The Balaban J connectivity index is 2.11. The van der Waals surface area contributed by atoms with E-state index in [1.807, 2.05) is 6.92 Å². The highest BCUT2D eigenvalue weighted by Gasteiger charge is 2.29. The lowest BCUT2D eigenvalue weighted by atomic mass is 10.2. The second-order valence-electron chi connectivity index (χ2n) is 3.83. The Bertz CT molecular complexity index is 479. The first-order valence-electron chi connectivity index (χ1n) is 5.24. The van der Waals surface area contributed by atoms with Gasteiger partial charge in [-0.05, 0) is 26.0 Å². The number of hydrogen-bond acceptors (Lipinski definition) is 5. The highest BCUT2D eigenvalue weighted by atomic mass is 32.2. The molecule has 1 heterocycles. The molecule has 0 spiro atoms. The molecule has 5 nitrogen and oxygen atoms in total. The zero-order chi connectivity index (χ0) is 12.5. The van der Waals surface area contributed by atoms with Gasteiger partial charge in [-0.15, -0.1) is 0 Å². The Labute approximate surface area is 100 Å². The number of hydrogen-bond donors (Lipinski definition) is 0. The summed E-state index contributed by atoms with van der Waals surface area (Å²) in [5, 5.41) is 0. The maximum Gasteiger partial charge on any atom is 0.299 e. The summed E-state index contributed by atoms with van der Waals surface area (Å²) in [6.07, 6.45) is -1.30. The van der Waals surface area contributed by atoms with Crippen molar-refractivity contribution in [2.45, 2.75) is 31.3 Å². The lowest BCUT2D eigenvalue weighted by Crippen LogP contribution is -2.20. The number of ether oxygens (including phenoxy) is 2. The zero-order valence-corrected chi connectivity index (χ0v) is 10.4. The molecule has 1 aromatic rings. The topological polar surface area (TPSA) is 61.8 Å². The van der Waals surface area contributed by atoms with Crippen LogP contribution in [0.25, 0.3) is 0 Å². The van der Waals surface area contributed by atoms with Crippen molar-refractivity contribution in [3.05, 3.63) is 29.8 Å². The molecule has 0 aliphatic carbocycles. The highest BCUT2D eigenvalue weighted by Crippen LogP contribution is 2.19. The van der Waals surface area contributed by atoms with Gasteiger partial charge in [0, 0.05) is 0 Å². The molecular formula is C11H14O5S. The number of rotatable bonds is 3. The third-order valence-corrected chi connectivity index (χ3v) is 3.67. The van der Waals surface area contributed by atoms with Crippen molar-refractivity contribution in [3.63, 3.8) is 0 Å². The summed E-state index contributed by atoms with van der Waals surface area (Å²) >= 11 is 0. The van der Waals surface area contributed by atoms with E-state index in [9.17, 15) is 8.42 Å². The van der Waals surface area contributed by atoms with Crippen molar-refractivity contribution in [2.24, 2.45) is 0 Å². The van der Waals surface area contributed by atoms with Crippen molar-refractivity contribution in [2.75, 3.05) is 6.61 Å². The summed E-state index contributed by atoms with van der Waals surface area (Å²) in [6.45, 7) is 3.68. The molecule has 0 saturated carbocycles. The molecule has 2 rings (SSSR count). The second kappa shape index (κ2) is 4.73. The van der Waals surface area contributed by atoms with E-state index >= 15 is 0 Å². The molecule has 0 N–H and O–H groups in total. The van der Waals surface area contributed by atoms with Gasteiger partial charge >= 0.3 is 0 Å². The molecule has 94 valence electrons. The van der Waals surface area contributed by atoms with Crippen molar-refractivity contribution in [1.82, 2.24) is 0 Å². The predicted molar refractivity (Wildman–Crippen MR) is 59.7 cm³/mol. The van der Waals surface area contributed by atoms with E-state index in [0.717, 1.165) is 5.56 Å². The van der Waals surface area contributed by atoms with E-state index in [2.05, 4.69) is 0 Å². The van der Waals surface area contributed by atoms with Crippen LogP contribution in [-0.4, -0.2) is 27.6 Å². The van der Waals surface area contributed by atoms with Crippen LogP contribution < -0.4 is 0 Å². The minimum atomic E-state index is -3.79. The van der Waals surface area contributed by atoms with E-state index < -0.39 is 22.7 Å². The van der Waals surface area contributed by atoms with Crippen LogP contribution >= 0.6 is 0 Å². The average Bonchev–Trinajstić information content (AvgIpc) is 2.63. The molecule has 0 amide bonds. The summed E-state index contributed by atoms with van der Waals surface area (Å²) in [6, 6.07) is 6.43. The molecule has 1 fully saturated rings. The van der Waals surface area contributed by atoms with Crippen LogP contribution in [0.1, 0.15) is 12.5 Å². The molecule has 0 radical (unpaired) electrons. The maximum absolute atomic E-state index is 11.8. The van der Waals surface area contributed by atoms with Crippen molar-refractivity contribution < 1.29 is 22.1 Å². The van der Waals surface area contributed by atoms with Crippen LogP contribution in [0.15, 0.2) is 29.2 Å². The summed E-state index contributed by atoms with van der Waals surface area (Å²) in [7, 11) is -3.79. The molecule has 1 aromatic carbocycles. The Morgan fingerprint density at radius 1 is 1.29 bits per heavy atom. The Hall–Kier alpha value is -0.950. The molecular weight excluding hydrogens is 244 g/mol. The van der Waals surface area contributed by atoms with Gasteiger partial charge < -0.3 is 9.47 Å². The third kappa shape index (κ3) is 3.04. The van der Waals surface area contributed by atoms with Crippen molar-refractivity contribution in [1.29, 1.82) is 0 Å². The summed E-state index contributed by atoms with van der Waals surface area (Å²) < 4.78 is 38.8. The molecule has 17 heavy (non-hydrogen) atoms. The van der Waals surface area contributed by atoms with Gasteiger partial charge in [-0.25, -0.2) is 4.18 Å². The number of benzene rings is 1. The quantitative estimate of drug-likeness (QED) is 0.767. The van der Waals surface area contributed by atoms with Crippen LogP contribution in [0.5, 0.6) is 0 Å². The highest BCUT2D eigenvalue weighted by molar-refractivity contribution is 7.86. The molecule has 6 heteroatoms. The summed E-state index contributed by atoms with van der Waals surface area (Å²) in [5.74, 6) is 0. The molecule has 1 aliphatic rings. The number of aryl methyl sites for hydroxylation is 1. The molecule has 2 atom stereocenters. The fourth-order valence-electron chi connectivity index (χ4n) is 1.46. The van der Waals surface area contributed by atoms with Gasteiger partial charge in [0.2, 0.25) is 6.29 Å². The van der Waals surface area contributed by atoms with Crippen LogP contribution in [0.4, 0.5) is 0 Å².